The van der Waals surface area contributed by atoms with E-state index in [4.69, 9.17) is 9.47 Å². The predicted octanol–water partition coefficient (Wildman–Crippen LogP) is 1.48. The first-order valence-electron chi connectivity index (χ1n) is 6.77. The van der Waals surface area contributed by atoms with Crippen molar-refractivity contribution in [2.45, 2.75) is 13.0 Å². The fourth-order valence-electron chi connectivity index (χ4n) is 2.35. The third-order valence-electron chi connectivity index (χ3n) is 3.85. The van der Waals surface area contributed by atoms with Crippen molar-refractivity contribution in [1.29, 1.82) is 0 Å². The Balaban J connectivity index is 2.20. The zero-order chi connectivity index (χ0) is 14.7. The number of hydrogen-bond acceptors (Lipinski definition) is 4. The van der Waals surface area contributed by atoms with Gasteiger partial charge < -0.3 is 19.3 Å². The van der Waals surface area contributed by atoms with E-state index in [2.05, 4.69) is 18.9 Å². The highest BCUT2D eigenvalue weighted by Gasteiger charge is 2.25. The minimum atomic E-state index is 0.0298. The summed E-state index contributed by atoms with van der Waals surface area (Å²) in [6.07, 6.45) is 0. The van der Waals surface area contributed by atoms with Gasteiger partial charge in [0, 0.05) is 37.3 Å². The second-order valence-corrected chi connectivity index (χ2v) is 5.18. The van der Waals surface area contributed by atoms with E-state index < -0.39 is 0 Å². The molecule has 1 heterocycles. The van der Waals surface area contributed by atoms with E-state index in [1.54, 1.807) is 32.4 Å². The molecule has 1 atom stereocenters. The van der Waals surface area contributed by atoms with Crippen LogP contribution in [0.25, 0.3) is 0 Å². The Kier molecular flexibility index (Phi) is 4.49. The number of benzene rings is 1. The van der Waals surface area contributed by atoms with Crippen molar-refractivity contribution in [3.05, 3.63) is 23.8 Å². The van der Waals surface area contributed by atoms with Crippen LogP contribution in [-0.2, 0) is 0 Å². The normalized spacial score (nSPS) is 19.8. The number of nitrogens with zero attached hydrogens (tertiary/aromatic N) is 2. The van der Waals surface area contributed by atoms with E-state index in [-0.39, 0.29) is 5.91 Å². The van der Waals surface area contributed by atoms with Crippen molar-refractivity contribution in [2.24, 2.45) is 0 Å². The zero-order valence-electron chi connectivity index (χ0n) is 12.5. The van der Waals surface area contributed by atoms with E-state index in [1.165, 1.54) is 0 Å². The van der Waals surface area contributed by atoms with Gasteiger partial charge in [-0.3, -0.25) is 4.79 Å². The number of rotatable bonds is 3. The van der Waals surface area contributed by atoms with E-state index in [0.29, 0.717) is 23.1 Å². The van der Waals surface area contributed by atoms with Gasteiger partial charge in [-0.25, -0.2) is 0 Å². The average molecular weight is 278 g/mol. The maximum atomic E-state index is 12.6. The molecule has 1 amide bonds. The van der Waals surface area contributed by atoms with Gasteiger partial charge in [-0.1, -0.05) is 0 Å². The van der Waals surface area contributed by atoms with Crippen molar-refractivity contribution in [1.82, 2.24) is 9.80 Å². The number of methoxy groups -OCH3 is 2. The van der Waals surface area contributed by atoms with Crippen molar-refractivity contribution in [3.63, 3.8) is 0 Å². The summed E-state index contributed by atoms with van der Waals surface area (Å²) >= 11 is 0. The number of likely N-dealkylation sites (N-methyl/N-ethyl adjacent to an activating group) is 1. The molecule has 20 heavy (non-hydrogen) atoms. The number of carbonyl (C=O) groups excluding carboxylic acids is 1. The SMILES string of the molecule is COc1cc(OC)cc(C(=O)N2CCN(C)C(C)C2)c1. The van der Waals surface area contributed by atoms with Crippen LogP contribution < -0.4 is 9.47 Å². The van der Waals surface area contributed by atoms with Crippen LogP contribution in [0.1, 0.15) is 17.3 Å². The average Bonchev–Trinajstić information content (AvgIpc) is 2.48. The standard InChI is InChI=1S/C15H22N2O3/c1-11-10-17(6-5-16(11)2)15(18)12-7-13(19-3)9-14(8-12)20-4/h7-9,11H,5-6,10H2,1-4H3. The van der Waals surface area contributed by atoms with Gasteiger partial charge in [0.25, 0.3) is 5.91 Å². The number of amides is 1. The fourth-order valence-corrected chi connectivity index (χ4v) is 2.35. The molecule has 1 unspecified atom stereocenters. The van der Waals surface area contributed by atoms with Crippen LogP contribution in [0.15, 0.2) is 18.2 Å². The van der Waals surface area contributed by atoms with Crippen LogP contribution in [-0.4, -0.2) is 62.7 Å². The minimum absolute atomic E-state index is 0.0298. The van der Waals surface area contributed by atoms with Crippen molar-refractivity contribution < 1.29 is 14.3 Å². The molecule has 1 aromatic rings. The van der Waals surface area contributed by atoms with Crippen LogP contribution in [0.2, 0.25) is 0 Å². The molecular weight excluding hydrogens is 256 g/mol. The summed E-state index contributed by atoms with van der Waals surface area (Å²) in [6, 6.07) is 5.66. The summed E-state index contributed by atoms with van der Waals surface area (Å²) in [4.78, 5) is 16.7. The Morgan fingerprint density at radius 2 is 1.75 bits per heavy atom. The smallest absolute Gasteiger partial charge is 0.254 e. The van der Waals surface area contributed by atoms with E-state index in [1.807, 2.05) is 4.90 Å². The molecule has 0 aromatic heterocycles. The van der Waals surface area contributed by atoms with Crippen LogP contribution in [0.4, 0.5) is 0 Å². The summed E-state index contributed by atoms with van der Waals surface area (Å²) in [5.74, 6) is 1.30. The molecule has 1 aromatic carbocycles. The second kappa shape index (κ2) is 6.13. The third-order valence-corrected chi connectivity index (χ3v) is 3.85. The maximum Gasteiger partial charge on any atom is 0.254 e. The van der Waals surface area contributed by atoms with Crippen LogP contribution in [0, 0.1) is 0 Å². The first-order valence-corrected chi connectivity index (χ1v) is 6.77. The van der Waals surface area contributed by atoms with Crippen molar-refractivity contribution in [3.8, 4) is 11.5 Å². The number of ether oxygens (including phenoxy) is 2. The number of hydrogen-bond donors (Lipinski definition) is 0. The molecule has 0 saturated carbocycles. The first kappa shape index (κ1) is 14.7. The molecule has 1 aliphatic rings. The topological polar surface area (TPSA) is 42.0 Å². The van der Waals surface area contributed by atoms with Gasteiger partial charge in [-0.05, 0) is 26.1 Å². The monoisotopic (exact) mass is 278 g/mol. The van der Waals surface area contributed by atoms with Gasteiger partial charge in [-0.15, -0.1) is 0 Å². The fraction of sp³-hybridized carbons (Fsp3) is 0.533. The molecule has 2 rings (SSSR count). The summed E-state index contributed by atoms with van der Waals surface area (Å²) in [5, 5.41) is 0. The van der Waals surface area contributed by atoms with Gasteiger partial charge >= 0.3 is 0 Å². The van der Waals surface area contributed by atoms with Crippen molar-refractivity contribution in [2.75, 3.05) is 40.9 Å². The Labute approximate surface area is 120 Å². The summed E-state index contributed by atoms with van der Waals surface area (Å²) in [7, 11) is 5.25. The molecule has 1 saturated heterocycles. The largest absolute Gasteiger partial charge is 0.497 e. The highest BCUT2D eigenvalue weighted by molar-refractivity contribution is 5.95. The number of carbonyl (C=O) groups is 1. The second-order valence-electron chi connectivity index (χ2n) is 5.18. The van der Waals surface area contributed by atoms with Gasteiger partial charge in [0.2, 0.25) is 0 Å². The molecule has 5 nitrogen and oxygen atoms in total. The number of piperazine rings is 1. The Morgan fingerprint density at radius 3 is 2.25 bits per heavy atom. The molecule has 0 radical (unpaired) electrons. The molecule has 110 valence electrons. The lowest BCUT2D eigenvalue weighted by molar-refractivity contribution is 0.0572. The van der Waals surface area contributed by atoms with Crippen LogP contribution in [0.5, 0.6) is 11.5 Å². The highest BCUT2D eigenvalue weighted by atomic mass is 16.5. The molecule has 0 bridgehead atoms. The molecule has 1 fully saturated rings. The van der Waals surface area contributed by atoms with E-state index in [9.17, 15) is 4.79 Å². The van der Waals surface area contributed by atoms with Crippen LogP contribution in [0.3, 0.4) is 0 Å². The quantitative estimate of drug-likeness (QED) is 0.840. The molecular formula is C15H22N2O3. The van der Waals surface area contributed by atoms with Crippen molar-refractivity contribution >= 4 is 5.91 Å². The lowest BCUT2D eigenvalue weighted by Gasteiger charge is -2.37. The van der Waals surface area contributed by atoms with Crippen LogP contribution >= 0.6 is 0 Å². The minimum Gasteiger partial charge on any atom is -0.497 e. The third kappa shape index (κ3) is 3.04. The Hall–Kier alpha value is -1.75. The molecule has 0 spiro atoms. The molecule has 5 heteroatoms. The van der Waals surface area contributed by atoms with Gasteiger partial charge in [0.1, 0.15) is 11.5 Å². The highest BCUT2D eigenvalue weighted by Crippen LogP contribution is 2.24. The first-order chi connectivity index (χ1) is 9.55. The molecule has 0 aliphatic carbocycles. The summed E-state index contributed by atoms with van der Waals surface area (Å²) in [6.45, 7) is 4.52. The lowest BCUT2D eigenvalue weighted by atomic mass is 10.1. The Bertz CT molecular complexity index is 468. The van der Waals surface area contributed by atoms with Gasteiger partial charge in [-0.2, -0.15) is 0 Å². The predicted molar refractivity (Wildman–Crippen MR) is 77.5 cm³/mol. The Morgan fingerprint density at radius 1 is 1.15 bits per heavy atom. The molecule has 1 aliphatic heterocycles. The van der Waals surface area contributed by atoms with E-state index >= 15 is 0 Å². The summed E-state index contributed by atoms with van der Waals surface area (Å²) < 4.78 is 10.4. The zero-order valence-corrected chi connectivity index (χ0v) is 12.5. The van der Waals surface area contributed by atoms with Gasteiger partial charge in [0.05, 0.1) is 14.2 Å². The molecule has 0 N–H and O–H groups in total. The lowest BCUT2D eigenvalue weighted by Crippen LogP contribution is -2.52. The summed E-state index contributed by atoms with van der Waals surface area (Å²) in [5.41, 5.74) is 0.609. The van der Waals surface area contributed by atoms with Gasteiger partial charge in [0.15, 0.2) is 0 Å². The maximum absolute atomic E-state index is 12.6. The van der Waals surface area contributed by atoms with E-state index in [0.717, 1.165) is 19.6 Å².